The fourth-order valence-electron chi connectivity index (χ4n) is 2.02. The predicted octanol–water partition coefficient (Wildman–Crippen LogP) is 0.425. The van der Waals surface area contributed by atoms with Crippen molar-refractivity contribution in [3.8, 4) is 11.5 Å². The van der Waals surface area contributed by atoms with Crippen LogP contribution in [-0.4, -0.2) is 99.5 Å². The van der Waals surface area contributed by atoms with Crippen molar-refractivity contribution in [2.45, 2.75) is 0 Å². The van der Waals surface area contributed by atoms with E-state index in [-0.39, 0.29) is 63.3 Å². The number of aliphatic hydroxyl groups excluding tert-OH is 2. The quantitative estimate of drug-likeness (QED) is 0.148. The molecule has 1 rings (SSSR count). The number of carbonyl (C=O) groups is 1. The summed E-state index contributed by atoms with van der Waals surface area (Å²) in [6.45, 7) is -0.452. The molecule has 0 heterocycles. The van der Waals surface area contributed by atoms with Crippen LogP contribution < -0.4 is 9.47 Å². The number of hydrogen-bond donors (Lipinski definition) is 3. The van der Waals surface area contributed by atoms with Crippen molar-refractivity contribution in [3.63, 3.8) is 0 Å². The van der Waals surface area contributed by atoms with Crippen molar-refractivity contribution in [1.29, 1.82) is 0 Å². The van der Waals surface area contributed by atoms with Crippen molar-refractivity contribution in [1.82, 2.24) is 0 Å². The first-order valence-electron chi connectivity index (χ1n) is 9.28. The number of aliphatic hydroxyl groups is 2. The van der Waals surface area contributed by atoms with E-state index in [1.54, 1.807) is 0 Å². The minimum Gasteiger partial charge on any atom is -0.491 e. The number of hydrogen-bond acceptors (Lipinski definition) is 9. The van der Waals surface area contributed by atoms with Crippen LogP contribution >= 0.6 is 7.82 Å². The minimum absolute atomic E-state index is 0.0195. The van der Waals surface area contributed by atoms with E-state index in [0.717, 1.165) is 0 Å². The van der Waals surface area contributed by atoms with Crippen molar-refractivity contribution in [2.75, 3.05) is 73.9 Å². The maximum absolute atomic E-state index is 12.3. The molecule has 0 aliphatic heterocycles. The Kier molecular flexibility index (Phi) is 11.3. The molecule has 172 valence electrons. The van der Waals surface area contributed by atoms with Crippen LogP contribution in [0.3, 0.4) is 0 Å². The monoisotopic (exact) mass is 452 g/mol. The largest absolute Gasteiger partial charge is 0.491 e. The molecule has 0 spiro atoms. The van der Waals surface area contributed by atoms with Gasteiger partial charge in [-0.2, -0.15) is 0 Å². The number of ether oxygens (including phenoxy) is 3. The Bertz CT molecular complexity index is 680. The molecule has 0 amide bonds. The number of carbonyl (C=O) groups excluding carboxylic acids is 1. The minimum atomic E-state index is -4.24. The second-order valence-electron chi connectivity index (χ2n) is 7.12. The predicted molar refractivity (Wildman–Crippen MR) is 107 cm³/mol. The third-order valence-electron chi connectivity index (χ3n) is 3.42. The molecule has 1 atom stereocenters. The van der Waals surface area contributed by atoms with Crippen LogP contribution in [-0.2, 0) is 18.3 Å². The van der Waals surface area contributed by atoms with Crippen LogP contribution in [0.5, 0.6) is 11.5 Å². The summed E-state index contributed by atoms with van der Waals surface area (Å²) in [6.07, 6.45) is 0. The molecule has 0 bridgehead atoms. The molecule has 0 saturated heterocycles. The number of quaternary nitrogens is 1. The van der Waals surface area contributed by atoms with Crippen LogP contribution in [0, 0.1) is 0 Å². The molecule has 11 nitrogen and oxygen atoms in total. The molecular weight excluding hydrogens is 421 g/mol. The number of phosphoric ester groups is 1. The number of esters is 1. The van der Waals surface area contributed by atoms with Crippen molar-refractivity contribution < 1.29 is 52.2 Å². The Labute approximate surface area is 175 Å². The first kappa shape index (κ1) is 26.3. The maximum Gasteiger partial charge on any atom is 0.472 e. The zero-order chi connectivity index (χ0) is 22.6. The molecule has 0 aliphatic carbocycles. The fourth-order valence-corrected chi connectivity index (χ4v) is 2.71. The van der Waals surface area contributed by atoms with E-state index in [1.165, 1.54) is 18.2 Å². The van der Waals surface area contributed by atoms with Gasteiger partial charge in [0.05, 0.1) is 46.5 Å². The van der Waals surface area contributed by atoms with E-state index in [2.05, 4.69) is 0 Å². The van der Waals surface area contributed by atoms with E-state index >= 15 is 0 Å². The lowest BCUT2D eigenvalue weighted by atomic mass is 10.2. The Morgan fingerprint density at radius 3 is 1.93 bits per heavy atom. The number of phosphoric acid groups is 1. The molecule has 3 N–H and O–H groups in total. The number of nitrogens with zero attached hydrogens (tertiary/aromatic N) is 1. The highest BCUT2D eigenvalue weighted by atomic mass is 31.2. The van der Waals surface area contributed by atoms with E-state index in [0.29, 0.717) is 11.0 Å². The third kappa shape index (κ3) is 11.5. The van der Waals surface area contributed by atoms with Gasteiger partial charge in [0.15, 0.2) is 0 Å². The maximum atomic E-state index is 12.3. The van der Waals surface area contributed by atoms with Crippen molar-refractivity contribution in [3.05, 3.63) is 23.8 Å². The van der Waals surface area contributed by atoms with Crippen LogP contribution in [0.4, 0.5) is 0 Å². The highest BCUT2D eigenvalue weighted by Gasteiger charge is 2.22. The Hall–Kier alpha value is -1.72. The zero-order valence-electron chi connectivity index (χ0n) is 17.5. The Balaban J connectivity index is 2.55. The Morgan fingerprint density at radius 1 is 0.900 bits per heavy atom. The van der Waals surface area contributed by atoms with Gasteiger partial charge in [-0.15, -0.1) is 0 Å². The van der Waals surface area contributed by atoms with Gasteiger partial charge in [0, 0.05) is 6.07 Å². The molecule has 30 heavy (non-hydrogen) atoms. The summed E-state index contributed by atoms with van der Waals surface area (Å²) in [5, 5.41) is 17.7. The second kappa shape index (κ2) is 12.9. The summed E-state index contributed by atoms with van der Waals surface area (Å²) in [6, 6.07) is 4.30. The smallest absolute Gasteiger partial charge is 0.472 e. The summed E-state index contributed by atoms with van der Waals surface area (Å²) >= 11 is 0. The van der Waals surface area contributed by atoms with Gasteiger partial charge < -0.3 is 33.8 Å². The molecular formula is C18H31NO10P+. The zero-order valence-corrected chi connectivity index (χ0v) is 18.4. The average molecular weight is 452 g/mol. The summed E-state index contributed by atoms with van der Waals surface area (Å²) in [5.41, 5.74) is 0.102. The molecule has 1 unspecified atom stereocenters. The molecule has 1 aromatic carbocycles. The highest BCUT2D eigenvalue weighted by molar-refractivity contribution is 7.47. The Morgan fingerprint density at radius 2 is 1.43 bits per heavy atom. The lowest BCUT2D eigenvalue weighted by molar-refractivity contribution is -0.870. The summed E-state index contributed by atoms with van der Waals surface area (Å²) in [4.78, 5) is 21.9. The van der Waals surface area contributed by atoms with Gasteiger partial charge in [0.1, 0.15) is 44.5 Å². The topological polar surface area (TPSA) is 141 Å². The van der Waals surface area contributed by atoms with Gasteiger partial charge in [-0.1, -0.05) is 0 Å². The van der Waals surface area contributed by atoms with Crippen LogP contribution in [0.25, 0.3) is 0 Å². The molecule has 0 aliphatic rings. The van der Waals surface area contributed by atoms with Gasteiger partial charge in [-0.3, -0.25) is 9.05 Å². The molecule has 0 fully saturated rings. The number of likely N-dealkylation sites (N-methyl/N-ethyl adjacent to an activating group) is 1. The molecule has 1 aromatic rings. The lowest BCUT2D eigenvalue weighted by Crippen LogP contribution is -2.37. The van der Waals surface area contributed by atoms with Crippen molar-refractivity contribution in [2.24, 2.45) is 0 Å². The van der Waals surface area contributed by atoms with Gasteiger partial charge in [0.2, 0.25) is 0 Å². The van der Waals surface area contributed by atoms with Gasteiger partial charge in [-0.05, 0) is 12.1 Å². The van der Waals surface area contributed by atoms with Crippen LogP contribution in [0.2, 0.25) is 0 Å². The first-order chi connectivity index (χ1) is 14.1. The molecule has 0 aromatic heterocycles. The van der Waals surface area contributed by atoms with E-state index in [9.17, 15) is 14.3 Å². The summed E-state index contributed by atoms with van der Waals surface area (Å²) < 4.78 is 37.6. The van der Waals surface area contributed by atoms with E-state index in [4.69, 9.17) is 33.5 Å². The van der Waals surface area contributed by atoms with E-state index in [1.807, 2.05) is 21.1 Å². The van der Waals surface area contributed by atoms with Gasteiger partial charge >= 0.3 is 13.8 Å². The number of benzene rings is 1. The van der Waals surface area contributed by atoms with Crippen LogP contribution in [0.15, 0.2) is 18.2 Å². The summed E-state index contributed by atoms with van der Waals surface area (Å²) in [7, 11) is 1.50. The fraction of sp³-hybridized carbons (Fsp3) is 0.611. The van der Waals surface area contributed by atoms with Gasteiger partial charge in [0.25, 0.3) is 0 Å². The SMILES string of the molecule is C[N+](C)(C)CCOP(=O)(O)OCCOC(=O)c1cc(OCCO)cc(OCCO)c1. The third-order valence-corrected chi connectivity index (χ3v) is 4.44. The molecule has 0 saturated carbocycles. The lowest BCUT2D eigenvalue weighted by Gasteiger charge is -2.24. The number of rotatable bonds is 15. The molecule has 0 radical (unpaired) electrons. The second-order valence-corrected chi connectivity index (χ2v) is 8.58. The molecule has 12 heteroatoms. The first-order valence-corrected chi connectivity index (χ1v) is 10.8. The average Bonchev–Trinajstić information content (AvgIpc) is 2.66. The standard InChI is InChI=1S/C18H30NO10P/c1-19(2,3)4-7-28-30(23,24)29-11-10-27-18(22)15-12-16(25-8-5-20)14-17(13-15)26-9-6-21/h12-14,20-21H,4-11H2,1-3H3/p+1. The van der Waals surface area contributed by atoms with E-state index < -0.39 is 13.8 Å². The summed E-state index contributed by atoms with van der Waals surface area (Å²) in [5.74, 6) is -0.193. The normalized spacial score (nSPS) is 13.5. The highest BCUT2D eigenvalue weighted by Crippen LogP contribution is 2.42. The van der Waals surface area contributed by atoms with Crippen LogP contribution in [0.1, 0.15) is 10.4 Å². The van der Waals surface area contributed by atoms with Crippen molar-refractivity contribution >= 4 is 13.8 Å². The van der Waals surface area contributed by atoms with Gasteiger partial charge in [-0.25, -0.2) is 9.36 Å².